The predicted octanol–water partition coefficient (Wildman–Crippen LogP) is 2.76. The number of rotatable bonds is 5. The molecule has 0 fully saturated rings. The van der Waals surface area contributed by atoms with Crippen LogP contribution in [0.15, 0.2) is 53.4 Å². The number of carbonyl (C=O) groups excluding carboxylic acids is 1. The van der Waals surface area contributed by atoms with Gasteiger partial charge in [0.2, 0.25) is 15.9 Å². The Morgan fingerprint density at radius 2 is 1.96 bits per heavy atom. The van der Waals surface area contributed by atoms with Crippen LogP contribution in [0.5, 0.6) is 0 Å². The number of sulfonamides is 1. The van der Waals surface area contributed by atoms with Gasteiger partial charge in [-0.1, -0.05) is 24.3 Å². The molecule has 3 rings (SSSR count). The highest BCUT2D eigenvalue weighted by molar-refractivity contribution is 7.98. The molecule has 7 heteroatoms. The summed E-state index contributed by atoms with van der Waals surface area (Å²) in [5.74, 6) is -0.218. The largest absolute Gasteiger partial charge is 0.310 e. The normalized spacial score (nSPS) is 13.6. The first-order chi connectivity index (χ1) is 11.9. The molecule has 0 aliphatic carbocycles. The lowest BCUT2D eigenvalue weighted by Crippen LogP contribution is -2.42. The standard InChI is InChI=1S/C18H20N2O3S2/c1-24-16-8-5-7-15(12-16)20(25(2,22)23)13-18(21)19-11-10-14-6-3-4-9-17(14)19/h3-9,12H,10-11,13H2,1-2H3. The van der Waals surface area contributed by atoms with E-state index in [1.165, 1.54) is 16.1 Å². The molecule has 25 heavy (non-hydrogen) atoms. The van der Waals surface area contributed by atoms with Crippen LogP contribution in [-0.4, -0.2) is 39.9 Å². The van der Waals surface area contributed by atoms with Gasteiger partial charge >= 0.3 is 0 Å². The van der Waals surface area contributed by atoms with Gasteiger partial charge in [0.25, 0.3) is 0 Å². The van der Waals surface area contributed by atoms with E-state index in [1.807, 2.05) is 36.6 Å². The summed E-state index contributed by atoms with van der Waals surface area (Å²) < 4.78 is 25.7. The van der Waals surface area contributed by atoms with Crippen molar-refractivity contribution in [1.82, 2.24) is 0 Å². The van der Waals surface area contributed by atoms with E-state index in [2.05, 4.69) is 0 Å². The Morgan fingerprint density at radius 1 is 1.20 bits per heavy atom. The Labute approximate surface area is 152 Å². The summed E-state index contributed by atoms with van der Waals surface area (Å²) in [6, 6.07) is 15.0. The van der Waals surface area contributed by atoms with Crippen LogP contribution < -0.4 is 9.21 Å². The fourth-order valence-electron chi connectivity index (χ4n) is 2.97. The SMILES string of the molecule is CSc1cccc(N(CC(=O)N2CCc3ccccc32)S(C)(=O)=O)c1. The highest BCUT2D eigenvalue weighted by atomic mass is 32.2. The van der Waals surface area contributed by atoms with Crippen LogP contribution >= 0.6 is 11.8 Å². The van der Waals surface area contributed by atoms with E-state index in [9.17, 15) is 13.2 Å². The smallest absolute Gasteiger partial charge is 0.247 e. The number of nitrogens with zero attached hydrogens (tertiary/aromatic N) is 2. The van der Waals surface area contributed by atoms with Gasteiger partial charge in [0.1, 0.15) is 6.54 Å². The number of fused-ring (bicyclic) bond motifs is 1. The van der Waals surface area contributed by atoms with Crippen molar-refractivity contribution < 1.29 is 13.2 Å². The lowest BCUT2D eigenvalue weighted by Gasteiger charge is -2.25. The zero-order valence-electron chi connectivity index (χ0n) is 14.2. The van der Waals surface area contributed by atoms with E-state index < -0.39 is 10.0 Å². The lowest BCUT2D eigenvalue weighted by atomic mass is 10.2. The average Bonchev–Trinajstić information content (AvgIpc) is 3.02. The van der Waals surface area contributed by atoms with Crippen molar-refractivity contribution in [3.8, 4) is 0 Å². The van der Waals surface area contributed by atoms with Gasteiger partial charge < -0.3 is 4.90 Å². The van der Waals surface area contributed by atoms with E-state index >= 15 is 0 Å². The van der Waals surface area contributed by atoms with Crippen molar-refractivity contribution in [3.05, 3.63) is 54.1 Å². The molecule has 0 unspecified atom stereocenters. The third kappa shape index (κ3) is 3.82. The molecule has 5 nitrogen and oxygen atoms in total. The van der Waals surface area contributed by atoms with Gasteiger partial charge in [-0.3, -0.25) is 9.10 Å². The quantitative estimate of drug-likeness (QED) is 0.753. The van der Waals surface area contributed by atoms with Crippen LogP contribution in [0.4, 0.5) is 11.4 Å². The number of para-hydroxylation sites is 1. The molecule has 0 bridgehead atoms. The Bertz CT molecular complexity index is 897. The molecular weight excluding hydrogens is 356 g/mol. The molecule has 0 aromatic heterocycles. The second kappa shape index (κ2) is 7.09. The molecule has 1 aliphatic heterocycles. The fraction of sp³-hybridized carbons (Fsp3) is 0.278. The van der Waals surface area contributed by atoms with E-state index in [0.29, 0.717) is 12.2 Å². The summed E-state index contributed by atoms with van der Waals surface area (Å²) in [5, 5.41) is 0. The first-order valence-corrected chi connectivity index (χ1v) is 11.0. The minimum atomic E-state index is -3.57. The van der Waals surface area contributed by atoms with Crippen molar-refractivity contribution in [2.45, 2.75) is 11.3 Å². The summed E-state index contributed by atoms with van der Waals surface area (Å²) in [7, 11) is -3.57. The van der Waals surface area contributed by atoms with Crippen molar-refractivity contribution in [2.24, 2.45) is 0 Å². The zero-order chi connectivity index (χ0) is 18.0. The number of hydrogen-bond donors (Lipinski definition) is 0. The van der Waals surface area contributed by atoms with Crippen LogP contribution in [0.1, 0.15) is 5.56 Å². The Kier molecular flexibility index (Phi) is 5.06. The summed E-state index contributed by atoms with van der Waals surface area (Å²) in [5.41, 5.74) is 2.50. The van der Waals surface area contributed by atoms with Gasteiger partial charge in [0.05, 0.1) is 11.9 Å². The Balaban J connectivity index is 1.88. The number of thioether (sulfide) groups is 1. The highest BCUT2D eigenvalue weighted by Gasteiger charge is 2.28. The molecule has 0 radical (unpaired) electrons. The number of anilines is 2. The topological polar surface area (TPSA) is 57.7 Å². The minimum Gasteiger partial charge on any atom is -0.310 e. The van der Waals surface area contributed by atoms with E-state index in [4.69, 9.17) is 0 Å². The molecule has 1 heterocycles. The summed E-state index contributed by atoms with van der Waals surface area (Å²) in [6.07, 6.45) is 3.85. The number of amides is 1. The zero-order valence-corrected chi connectivity index (χ0v) is 15.8. The number of hydrogen-bond acceptors (Lipinski definition) is 4. The maximum absolute atomic E-state index is 12.8. The second-order valence-electron chi connectivity index (χ2n) is 5.90. The third-order valence-corrected chi connectivity index (χ3v) is 6.07. The van der Waals surface area contributed by atoms with Crippen LogP contribution in [0.25, 0.3) is 0 Å². The lowest BCUT2D eigenvalue weighted by molar-refractivity contribution is -0.117. The van der Waals surface area contributed by atoms with Gasteiger partial charge in [-0.15, -0.1) is 11.8 Å². The summed E-state index contributed by atoms with van der Waals surface area (Å²) >= 11 is 1.53. The first kappa shape index (κ1) is 17.8. The molecule has 2 aromatic rings. The van der Waals surface area contributed by atoms with Crippen LogP contribution in [0, 0.1) is 0 Å². The van der Waals surface area contributed by atoms with Gasteiger partial charge in [0.15, 0.2) is 0 Å². The predicted molar refractivity (Wildman–Crippen MR) is 103 cm³/mol. The maximum atomic E-state index is 12.8. The monoisotopic (exact) mass is 376 g/mol. The third-order valence-electron chi connectivity index (χ3n) is 4.21. The second-order valence-corrected chi connectivity index (χ2v) is 8.68. The van der Waals surface area contributed by atoms with Crippen molar-refractivity contribution >= 4 is 39.1 Å². The Morgan fingerprint density at radius 3 is 2.68 bits per heavy atom. The van der Waals surface area contributed by atoms with E-state index in [-0.39, 0.29) is 12.5 Å². The average molecular weight is 377 g/mol. The number of benzene rings is 2. The van der Waals surface area contributed by atoms with Crippen molar-refractivity contribution in [2.75, 3.05) is 34.8 Å². The molecule has 132 valence electrons. The molecule has 1 aliphatic rings. The molecule has 1 amide bonds. The molecule has 0 atom stereocenters. The Hall–Kier alpha value is -1.99. The molecular formula is C18H20N2O3S2. The summed E-state index contributed by atoms with van der Waals surface area (Å²) in [6.45, 7) is 0.381. The number of carbonyl (C=O) groups is 1. The van der Waals surface area contributed by atoms with Gasteiger partial charge in [0, 0.05) is 17.1 Å². The van der Waals surface area contributed by atoms with Crippen LogP contribution in [0.3, 0.4) is 0 Å². The molecule has 2 aromatic carbocycles. The molecule has 0 saturated heterocycles. The highest BCUT2D eigenvalue weighted by Crippen LogP contribution is 2.29. The van der Waals surface area contributed by atoms with E-state index in [1.54, 1.807) is 23.1 Å². The van der Waals surface area contributed by atoms with Crippen molar-refractivity contribution in [3.63, 3.8) is 0 Å². The minimum absolute atomic E-state index is 0.203. The van der Waals surface area contributed by atoms with Gasteiger partial charge in [-0.25, -0.2) is 8.42 Å². The molecule has 0 N–H and O–H groups in total. The van der Waals surface area contributed by atoms with Gasteiger partial charge in [-0.2, -0.15) is 0 Å². The van der Waals surface area contributed by atoms with Crippen molar-refractivity contribution in [1.29, 1.82) is 0 Å². The van der Waals surface area contributed by atoms with E-state index in [0.717, 1.165) is 28.8 Å². The fourth-order valence-corrected chi connectivity index (χ4v) is 4.27. The first-order valence-electron chi connectivity index (χ1n) is 7.90. The van der Waals surface area contributed by atoms with Gasteiger partial charge in [-0.05, 0) is 42.5 Å². The molecule has 0 saturated carbocycles. The van der Waals surface area contributed by atoms with Crippen LogP contribution in [0.2, 0.25) is 0 Å². The summed E-state index contributed by atoms with van der Waals surface area (Å²) in [4.78, 5) is 15.4. The maximum Gasteiger partial charge on any atom is 0.247 e. The van der Waals surface area contributed by atoms with Crippen LogP contribution in [-0.2, 0) is 21.2 Å². The molecule has 0 spiro atoms.